The summed E-state index contributed by atoms with van der Waals surface area (Å²) in [6.07, 6.45) is -2.54. The van der Waals surface area contributed by atoms with E-state index in [1.165, 1.54) is 12.1 Å². The Morgan fingerprint density at radius 1 is 1.35 bits per heavy atom. The van der Waals surface area contributed by atoms with Crippen LogP contribution in [0.4, 0.5) is 8.78 Å². The molecular weight excluding hydrogens is 315 g/mol. The molecule has 1 aromatic rings. The van der Waals surface area contributed by atoms with Gasteiger partial charge in [-0.1, -0.05) is 27.5 Å². The molecule has 6 heteroatoms. The zero-order valence-corrected chi connectivity index (χ0v) is 11.2. The van der Waals surface area contributed by atoms with Crippen molar-refractivity contribution in [2.24, 2.45) is 0 Å². The molecule has 1 aromatic carbocycles. The molecule has 0 atom stereocenters. The molecule has 0 saturated heterocycles. The lowest BCUT2D eigenvalue weighted by atomic mass is 10.2. The number of rotatable bonds is 5. The van der Waals surface area contributed by atoms with E-state index in [2.05, 4.69) is 15.9 Å². The minimum atomic E-state index is -2.54. The Morgan fingerprint density at radius 2 is 1.94 bits per heavy atom. The van der Waals surface area contributed by atoms with Gasteiger partial charge in [-0.15, -0.1) is 0 Å². The Labute approximate surface area is 112 Å². The number of carbonyl (C=O) groups is 1. The van der Waals surface area contributed by atoms with Gasteiger partial charge in [0, 0.05) is 22.5 Å². The predicted octanol–water partition coefficient (Wildman–Crippen LogP) is 3.44. The van der Waals surface area contributed by atoms with Crippen molar-refractivity contribution in [3.05, 3.63) is 34.9 Å². The van der Waals surface area contributed by atoms with E-state index in [0.29, 0.717) is 15.9 Å². The van der Waals surface area contributed by atoms with Crippen LogP contribution in [0.2, 0.25) is 5.02 Å². The standard InChI is InChI=1S/C11H11BrClF2NO/c12-5-6-16(7-10(14)15)11(17)8-1-3-9(13)4-2-8/h1-4,10H,5-7H2. The summed E-state index contributed by atoms with van der Waals surface area (Å²) in [7, 11) is 0. The normalized spacial score (nSPS) is 10.6. The Balaban J connectivity index is 2.79. The number of benzene rings is 1. The van der Waals surface area contributed by atoms with Gasteiger partial charge in [-0.3, -0.25) is 4.79 Å². The van der Waals surface area contributed by atoms with Crippen LogP contribution in [0, 0.1) is 0 Å². The molecule has 0 saturated carbocycles. The van der Waals surface area contributed by atoms with Crippen molar-refractivity contribution in [2.45, 2.75) is 6.43 Å². The molecule has 0 N–H and O–H groups in total. The van der Waals surface area contributed by atoms with Crippen LogP contribution in [0.25, 0.3) is 0 Å². The highest BCUT2D eigenvalue weighted by atomic mass is 79.9. The van der Waals surface area contributed by atoms with Crippen LogP contribution in [-0.2, 0) is 0 Å². The molecule has 17 heavy (non-hydrogen) atoms. The second-order valence-electron chi connectivity index (χ2n) is 3.34. The number of alkyl halides is 3. The third-order valence-corrected chi connectivity index (χ3v) is 2.70. The lowest BCUT2D eigenvalue weighted by molar-refractivity contribution is 0.0572. The number of hydrogen-bond donors (Lipinski definition) is 0. The zero-order chi connectivity index (χ0) is 12.8. The van der Waals surface area contributed by atoms with Crippen LogP contribution in [0.1, 0.15) is 10.4 Å². The molecule has 0 fully saturated rings. The van der Waals surface area contributed by atoms with Gasteiger partial charge < -0.3 is 4.90 Å². The third kappa shape index (κ3) is 4.60. The number of halogens is 4. The molecule has 2 nitrogen and oxygen atoms in total. The minimum absolute atomic E-state index is 0.242. The average Bonchev–Trinajstić information content (AvgIpc) is 2.28. The Hall–Kier alpha value is -0.680. The Bertz CT molecular complexity index is 372. The number of carbonyl (C=O) groups excluding carboxylic acids is 1. The summed E-state index contributed by atoms with van der Waals surface area (Å²) in [5.41, 5.74) is 0.357. The molecule has 0 aliphatic heterocycles. The lowest BCUT2D eigenvalue weighted by Crippen LogP contribution is -2.36. The summed E-state index contributed by atoms with van der Waals surface area (Å²) < 4.78 is 24.6. The van der Waals surface area contributed by atoms with Gasteiger partial charge in [0.15, 0.2) is 0 Å². The van der Waals surface area contributed by atoms with Crippen molar-refractivity contribution >= 4 is 33.4 Å². The lowest BCUT2D eigenvalue weighted by Gasteiger charge is -2.21. The van der Waals surface area contributed by atoms with Gasteiger partial charge in [0.2, 0.25) is 0 Å². The van der Waals surface area contributed by atoms with Gasteiger partial charge in [0.05, 0.1) is 6.54 Å². The van der Waals surface area contributed by atoms with Crippen molar-refractivity contribution in [1.82, 2.24) is 4.90 Å². The molecule has 0 bridgehead atoms. The first-order chi connectivity index (χ1) is 8.04. The van der Waals surface area contributed by atoms with Crippen molar-refractivity contribution in [2.75, 3.05) is 18.4 Å². The van der Waals surface area contributed by atoms with Crippen molar-refractivity contribution in [1.29, 1.82) is 0 Å². The van der Waals surface area contributed by atoms with E-state index in [1.54, 1.807) is 12.1 Å². The van der Waals surface area contributed by atoms with Crippen LogP contribution in [0.3, 0.4) is 0 Å². The zero-order valence-electron chi connectivity index (χ0n) is 8.88. The van der Waals surface area contributed by atoms with E-state index in [0.717, 1.165) is 4.90 Å². The molecule has 0 spiro atoms. The molecule has 0 heterocycles. The smallest absolute Gasteiger partial charge is 0.255 e. The second kappa shape index (κ2) is 6.91. The molecule has 94 valence electrons. The fraction of sp³-hybridized carbons (Fsp3) is 0.364. The van der Waals surface area contributed by atoms with Gasteiger partial charge in [0.1, 0.15) is 0 Å². The molecular formula is C11H11BrClF2NO. The molecule has 1 amide bonds. The minimum Gasteiger partial charge on any atom is -0.332 e. The molecule has 0 aliphatic rings. The number of nitrogens with zero attached hydrogens (tertiary/aromatic N) is 1. The topological polar surface area (TPSA) is 20.3 Å². The van der Waals surface area contributed by atoms with Crippen molar-refractivity contribution in [3.8, 4) is 0 Å². The average molecular weight is 327 g/mol. The van der Waals surface area contributed by atoms with E-state index in [4.69, 9.17) is 11.6 Å². The quantitative estimate of drug-likeness (QED) is 0.759. The fourth-order valence-corrected chi connectivity index (χ4v) is 1.87. The van der Waals surface area contributed by atoms with E-state index in [9.17, 15) is 13.6 Å². The summed E-state index contributed by atoms with van der Waals surface area (Å²) in [5, 5.41) is 0.960. The van der Waals surface area contributed by atoms with Gasteiger partial charge in [-0.25, -0.2) is 8.78 Å². The SMILES string of the molecule is O=C(c1ccc(Cl)cc1)N(CCBr)CC(F)F. The van der Waals surface area contributed by atoms with Crippen LogP contribution in [-0.4, -0.2) is 35.7 Å². The van der Waals surface area contributed by atoms with E-state index in [-0.39, 0.29) is 6.54 Å². The summed E-state index contributed by atoms with van der Waals surface area (Å²) >= 11 is 8.82. The molecule has 0 aromatic heterocycles. The maximum Gasteiger partial charge on any atom is 0.255 e. The maximum atomic E-state index is 12.3. The largest absolute Gasteiger partial charge is 0.332 e. The van der Waals surface area contributed by atoms with Gasteiger partial charge >= 0.3 is 0 Å². The number of amides is 1. The Morgan fingerprint density at radius 3 is 2.41 bits per heavy atom. The molecule has 0 radical (unpaired) electrons. The maximum absolute atomic E-state index is 12.3. The highest BCUT2D eigenvalue weighted by Gasteiger charge is 2.18. The molecule has 0 aliphatic carbocycles. The monoisotopic (exact) mass is 325 g/mol. The van der Waals surface area contributed by atoms with E-state index < -0.39 is 18.9 Å². The molecule has 0 unspecified atom stereocenters. The highest BCUT2D eigenvalue weighted by Crippen LogP contribution is 2.12. The van der Waals surface area contributed by atoms with E-state index in [1.807, 2.05) is 0 Å². The van der Waals surface area contributed by atoms with Gasteiger partial charge in [-0.05, 0) is 24.3 Å². The van der Waals surface area contributed by atoms with Crippen LogP contribution < -0.4 is 0 Å². The number of hydrogen-bond acceptors (Lipinski definition) is 1. The molecule has 1 rings (SSSR count). The highest BCUT2D eigenvalue weighted by molar-refractivity contribution is 9.09. The van der Waals surface area contributed by atoms with Gasteiger partial charge in [0.25, 0.3) is 12.3 Å². The first-order valence-electron chi connectivity index (χ1n) is 4.93. The van der Waals surface area contributed by atoms with Crippen LogP contribution in [0.5, 0.6) is 0 Å². The third-order valence-electron chi connectivity index (χ3n) is 2.09. The fourth-order valence-electron chi connectivity index (χ4n) is 1.32. The first kappa shape index (κ1) is 14.4. The summed E-state index contributed by atoms with van der Waals surface area (Å²) in [6, 6.07) is 6.17. The van der Waals surface area contributed by atoms with Crippen molar-refractivity contribution < 1.29 is 13.6 Å². The second-order valence-corrected chi connectivity index (χ2v) is 4.57. The summed E-state index contributed by atoms with van der Waals surface area (Å²) in [6.45, 7) is -0.321. The summed E-state index contributed by atoms with van der Waals surface area (Å²) in [4.78, 5) is 13.0. The summed E-state index contributed by atoms with van der Waals surface area (Å²) in [5.74, 6) is -0.415. The van der Waals surface area contributed by atoms with Crippen LogP contribution >= 0.6 is 27.5 Å². The van der Waals surface area contributed by atoms with E-state index >= 15 is 0 Å². The predicted molar refractivity (Wildman–Crippen MR) is 67.2 cm³/mol. The van der Waals surface area contributed by atoms with Crippen LogP contribution in [0.15, 0.2) is 24.3 Å². The van der Waals surface area contributed by atoms with Gasteiger partial charge in [-0.2, -0.15) is 0 Å². The Kier molecular flexibility index (Phi) is 5.85. The first-order valence-corrected chi connectivity index (χ1v) is 6.43. The van der Waals surface area contributed by atoms with Crippen molar-refractivity contribution in [3.63, 3.8) is 0 Å².